The molecule has 0 amide bonds. The summed E-state index contributed by atoms with van der Waals surface area (Å²) >= 11 is 5.93. The van der Waals surface area contributed by atoms with Crippen LogP contribution in [0.3, 0.4) is 0 Å². The largest absolute Gasteiger partial charge is 0.508 e. The minimum atomic E-state index is 0.171. The average molecular weight is 266 g/mol. The Kier molecular flexibility index (Phi) is 2.93. The Morgan fingerprint density at radius 3 is 2.78 bits per heavy atom. The zero-order valence-electron chi connectivity index (χ0n) is 9.64. The van der Waals surface area contributed by atoms with Gasteiger partial charge in [-0.25, -0.2) is 4.98 Å². The molecule has 1 aliphatic heterocycles. The van der Waals surface area contributed by atoms with Crippen molar-refractivity contribution in [3.05, 3.63) is 23.5 Å². The molecule has 0 spiro atoms. The summed E-state index contributed by atoms with van der Waals surface area (Å²) in [5.74, 6) is 0.971. The van der Waals surface area contributed by atoms with Crippen molar-refractivity contribution in [3.8, 4) is 5.75 Å². The van der Waals surface area contributed by atoms with E-state index in [0.717, 1.165) is 24.3 Å². The summed E-state index contributed by atoms with van der Waals surface area (Å²) < 4.78 is 5.32. The van der Waals surface area contributed by atoms with Gasteiger partial charge in [0, 0.05) is 24.5 Å². The Labute approximate surface area is 109 Å². The summed E-state index contributed by atoms with van der Waals surface area (Å²) in [7, 11) is 0. The van der Waals surface area contributed by atoms with Gasteiger partial charge < -0.3 is 14.7 Å². The summed E-state index contributed by atoms with van der Waals surface area (Å²) in [5.41, 5.74) is 0.650. The molecule has 6 heteroatoms. The summed E-state index contributed by atoms with van der Waals surface area (Å²) in [6.45, 7) is 2.93. The molecule has 1 aromatic carbocycles. The lowest BCUT2D eigenvalue weighted by Crippen LogP contribution is -2.37. The third-order valence-corrected chi connectivity index (χ3v) is 3.11. The monoisotopic (exact) mass is 265 g/mol. The molecule has 0 aliphatic carbocycles. The number of nitrogens with zero attached hydrogens (tertiary/aromatic N) is 3. The Morgan fingerprint density at radius 2 is 2.00 bits per heavy atom. The Hall–Kier alpha value is -1.59. The number of rotatable bonds is 1. The molecule has 1 N–H and O–H groups in total. The first-order valence-electron chi connectivity index (χ1n) is 5.73. The third kappa shape index (κ3) is 2.07. The van der Waals surface area contributed by atoms with Gasteiger partial charge in [-0.05, 0) is 23.7 Å². The molecule has 0 bridgehead atoms. The number of phenols is 1. The van der Waals surface area contributed by atoms with Crippen LogP contribution in [-0.4, -0.2) is 41.4 Å². The molecule has 0 atom stereocenters. The fraction of sp³-hybridized carbons (Fsp3) is 0.333. The molecular weight excluding hydrogens is 254 g/mol. The second-order valence-electron chi connectivity index (χ2n) is 4.12. The van der Waals surface area contributed by atoms with E-state index in [1.165, 1.54) is 0 Å². The normalized spacial score (nSPS) is 16.2. The maximum absolute atomic E-state index is 9.49. The standard InChI is InChI=1S/C12H12ClN3O2/c13-12-14-10-7-8(17)1-2-9(10)11(15-12)16-3-5-18-6-4-16/h1-2,7,17H,3-6H2. The molecule has 2 aromatic rings. The quantitative estimate of drug-likeness (QED) is 0.797. The van der Waals surface area contributed by atoms with E-state index in [-0.39, 0.29) is 11.0 Å². The van der Waals surface area contributed by atoms with E-state index in [4.69, 9.17) is 16.3 Å². The SMILES string of the molecule is Oc1ccc2c(N3CCOCC3)nc(Cl)nc2c1. The number of hydrogen-bond acceptors (Lipinski definition) is 5. The van der Waals surface area contributed by atoms with Gasteiger partial charge in [-0.15, -0.1) is 0 Å². The summed E-state index contributed by atoms with van der Waals surface area (Å²) in [5, 5.41) is 10.6. The van der Waals surface area contributed by atoms with Crippen LogP contribution in [0.15, 0.2) is 18.2 Å². The van der Waals surface area contributed by atoms with E-state index in [2.05, 4.69) is 14.9 Å². The first-order chi connectivity index (χ1) is 8.74. The van der Waals surface area contributed by atoms with E-state index < -0.39 is 0 Å². The Balaban J connectivity index is 2.14. The van der Waals surface area contributed by atoms with E-state index in [9.17, 15) is 5.11 Å². The molecule has 18 heavy (non-hydrogen) atoms. The number of benzene rings is 1. The minimum Gasteiger partial charge on any atom is -0.508 e. The van der Waals surface area contributed by atoms with Crippen molar-refractivity contribution in [3.63, 3.8) is 0 Å². The number of aromatic nitrogens is 2. The van der Waals surface area contributed by atoms with Crippen LogP contribution in [0.5, 0.6) is 5.75 Å². The maximum atomic E-state index is 9.49. The summed E-state index contributed by atoms with van der Waals surface area (Å²) in [6.07, 6.45) is 0. The van der Waals surface area contributed by atoms with E-state index in [1.54, 1.807) is 12.1 Å². The number of aromatic hydroxyl groups is 1. The van der Waals surface area contributed by atoms with E-state index in [0.29, 0.717) is 18.7 Å². The smallest absolute Gasteiger partial charge is 0.224 e. The van der Waals surface area contributed by atoms with Crippen LogP contribution in [-0.2, 0) is 4.74 Å². The lowest BCUT2D eigenvalue weighted by atomic mass is 10.2. The van der Waals surface area contributed by atoms with E-state index in [1.807, 2.05) is 6.07 Å². The molecule has 1 aromatic heterocycles. The van der Waals surface area contributed by atoms with Crippen molar-refractivity contribution in [1.82, 2.24) is 9.97 Å². The molecular formula is C12H12ClN3O2. The first kappa shape index (κ1) is 11.5. The third-order valence-electron chi connectivity index (χ3n) is 2.94. The molecule has 2 heterocycles. The Morgan fingerprint density at radius 1 is 1.22 bits per heavy atom. The molecule has 3 rings (SSSR count). The molecule has 0 saturated carbocycles. The zero-order valence-corrected chi connectivity index (χ0v) is 10.4. The van der Waals surface area contributed by atoms with Crippen molar-refractivity contribution in [2.24, 2.45) is 0 Å². The Bertz CT molecular complexity index is 580. The minimum absolute atomic E-state index is 0.171. The lowest BCUT2D eigenvalue weighted by Gasteiger charge is -2.28. The number of hydrogen-bond donors (Lipinski definition) is 1. The van der Waals surface area contributed by atoms with Crippen molar-refractivity contribution < 1.29 is 9.84 Å². The van der Waals surface area contributed by atoms with Crippen molar-refractivity contribution in [2.75, 3.05) is 31.2 Å². The first-order valence-corrected chi connectivity index (χ1v) is 6.11. The van der Waals surface area contributed by atoms with E-state index >= 15 is 0 Å². The molecule has 1 aliphatic rings. The number of phenolic OH excluding ortho intramolecular Hbond substituents is 1. The fourth-order valence-electron chi connectivity index (χ4n) is 2.09. The number of fused-ring (bicyclic) bond motifs is 1. The highest BCUT2D eigenvalue weighted by Gasteiger charge is 2.17. The number of halogens is 1. The van der Waals surface area contributed by atoms with Crippen LogP contribution in [0.1, 0.15) is 0 Å². The van der Waals surface area contributed by atoms with Gasteiger partial charge in [-0.2, -0.15) is 4.98 Å². The van der Waals surface area contributed by atoms with Crippen LogP contribution >= 0.6 is 11.6 Å². The molecule has 0 radical (unpaired) electrons. The van der Waals surface area contributed by atoms with Crippen LogP contribution in [0.2, 0.25) is 5.28 Å². The van der Waals surface area contributed by atoms with Gasteiger partial charge in [0.15, 0.2) is 0 Å². The van der Waals surface area contributed by atoms with Gasteiger partial charge in [-0.3, -0.25) is 0 Å². The predicted molar refractivity (Wildman–Crippen MR) is 69.2 cm³/mol. The highest BCUT2D eigenvalue weighted by atomic mass is 35.5. The van der Waals surface area contributed by atoms with Gasteiger partial charge in [0.2, 0.25) is 5.28 Å². The van der Waals surface area contributed by atoms with Gasteiger partial charge in [0.05, 0.1) is 18.7 Å². The van der Waals surface area contributed by atoms with Crippen molar-refractivity contribution >= 4 is 28.3 Å². The molecule has 0 unspecified atom stereocenters. The van der Waals surface area contributed by atoms with Crippen LogP contribution in [0.4, 0.5) is 5.82 Å². The van der Waals surface area contributed by atoms with Gasteiger partial charge in [0.1, 0.15) is 11.6 Å². The van der Waals surface area contributed by atoms with Crippen molar-refractivity contribution in [1.29, 1.82) is 0 Å². The summed E-state index contributed by atoms with van der Waals surface area (Å²) in [4.78, 5) is 10.5. The summed E-state index contributed by atoms with van der Waals surface area (Å²) in [6, 6.07) is 5.03. The topological polar surface area (TPSA) is 58.5 Å². The van der Waals surface area contributed by atoms with Crippen molar-refractivity contribution in [2.45, 2.75) is 0 Å². The fourth-order valence-corrected chi connectivity index (χ4v) is 2.26. The number of anilines is 1. The highest BCUT2D eigenvalue weighted by Crippen LogP contribution is 2.28. The van der Waals surface area contributed by atoms with Crippen LogP contribution < -0.4 is 4.90 Å². The number of morpholine rings is 1. The molecule has 94 valence electrons. The second-order valence-corrected chi connectivity index (χ2v) is 4.46. The van der Waals surface area contributed by atoms with Gasteiger partial charge >= 0.3 is 0 Å². The molecule has 5 nitrogen and oxygen atoms in total. The average Bonchev–Trinajstić information content (AvgIpc) is 2.38. The number of ether oxygens (including phenoxy) is 1. The highest BCUT2D eigenvalue weighted by molar-refractivity contribution is 6.28. The predicted octanol–water partition coefficient (Wildman–Crippen LogP) is 1.83. The van der Waals surface area contributed by atoms with Gasteiger partial charge in [-0.1, -0.05) is 0 Å². The zero-order chi connectivity index (χ0) is 12.5. The second kappa shape index (κ2) is 4.59. The molecule has 1 fully saturated rings. The van der Waals surface area contributed by atoms with Gasteiger partial charge in [0.25, 0.3) is 0 Å². The lowest BCUT2D eigenvalue weighted by molar-refractivity contribution is 0.122. The maximum Gasteiger partial charge on any atom is 0.224 e. The molecule has 1 saturated heterocycles. The van der Waals surface area contributed by atoms with Crippen LogP contribution in [0, 0.1) is 0 Å². The van der Waals surface area contributed by atoms with Crippen LogP contribution in [0.25, 0.3) is 10.9 Å².